The van der Waals surface area contributed by atoms with Crippen LogP contribution in [0.4, 0.5) is 4.39 Å². The highest BCUT2D eigenvalue weighted by Crippen LogP contribution is 2.11. The molecule has 0 aromatic heterocycles. The predicted octanol–water partition coefficient (Wildman–Crippen LogP) is 1.98. The Morgan fingerprint density at radius 1 is 1.40 bits per heavy atom. The highest BCUT2D eigenvalue weighted by Gasteiger charge is 2.19. The van der Waals surface area contributed by atoms with Gasteiger partial charge in [-0.05, 0) is 19.4 Å². The summed E-state index contributed by atoms with van der Waals surface area (Å²) in [5.74, 6) is 0.375. The molecule has 10 heavy (non-hydrogen) atoms. The molecule has 0 saturated heterocycles. The van der Waals surface area contributed by atoms with Gasteiger partial charge in [0.05, 0.1) is 0 Å². The van der Waals surface area contributed by atoms with Gasteiger partial charge in [-0.3, -0.25) is 0 Å². The van der Waals surface area contributed by atoms with Gasteiger partial charge in [0.2, 0.25) is 0 Å². The van der Waals surface area contributed by atoms with Crippen molar-refractivity contribution in [3.8, 4) is 0 Å². The van der Waals surface area contributed by atoms with E-state index in [0.717, 1.165) is 0 Å². The topological polar surface area (TPSA) is 12.0 Å². The first kappa shape index (κ1) is 9.89. The third kappa shape index (κ3) is 2.65. The molecule has 62 valence electrons. The van der Waals surface area contributed by atoms with Crippen LogP contribution in [0.25, 0.3) is 0 Å². The van der Waals surface area contributed by atoms with Crippen molar-refractivity contribution in [1.82, 2.24) is 5.32 Å². The summed E-state index contributed by atoms with van der Waals surface area (Å²) in [6, 6.07) is 0.0185. The lowest BCUT2D eigenvalue weighted by Gasteiger charge is -2.22. The van der Waals surface area contributed by atoms with E-state index in [1.54, 1.807) is 0 Å². The van der Waals surface area contributed by atoms with E-state index in [4.69, 9.17) is 0 Å². The molecule has 2 unspecified atom stereocenters. The Balaban J connectivity index is 3.80. The van der Waals surface area contributed by atoms with Crippen LogP contribution in [0.2, 0.25) is 0 Å². The van der Waals surface area contributed by atoms with E-state index in [1.165, 1.54) is 0 Å². The van der Waals surface area contributed by atoms with E-state index >= 15 is 0 Å². The minimum atomic E-state index is -0.704. The average Bonchev–Trinajstić information content (AvgIpc) is 1.88. The summed E-state index contributed by atoms with van der Waals surface area (Å²) in [4.78, 5) is 0. The fourth-order valence-corrected chi connectivity index (χ4v) is 1.19. The Morgan fingerprint density at radius 2 is 1.90 bits per heavy atom. The Kier molecular flexibility index (Phi) is 4.62. The lowest BCUT2D eigenvalue weighted by atomic mass is 9.98. The molecule has 0 amide bonds. The Labute approximate surface area is 63.0 Å². The van der Waals surface area contributed by atoms with Crippen LogP contribution < -0.4 is 5.32 Å². The monoisotopic (exact) mass is 147 g/mol. The summed E-state index contributed by atoms with van der Waals surface area (Å²) in [6.07, 6.45) is -0.103. The summed E-state index contributed by atoms with van der Waals surface area (Å²) in [5.41, 5.74) is 0. The van der Waals surface area contributed by atoms with Gasteiger partial charge in [0.25, 0.3) is 0 Å². The van der Waals surface area contributed by atoms with Crippen molar-refractivity contribution in [1.29, 1.82) is 0 Å². The number of hydrogen-bond donors (Lipinski definition) is 1. The maximum absolute atomic E-state index is 13.0. The van der Waals surface area contributed by atoms with Crippen LogP contribution in [0.1, 0.15) is 27.2 Å². The fraction of sp³-hybridized carbons (Fsp3) is 1.00. The molecule has 0 rings (SSSR count). The zero-order valence-electron chi connectivity index (χ0n) is 7.32. The van der Waals surface area contributed by atoms with Gasteiger partial charge in [-0.1, -0.05) is 20.8 Å². The van der Waals surface area contributed by atoms with Crippen LogP contribution in [0.15, 0.2) is 0 Å². The third-order valence-electron chi connectivity index (χ3n) is 1.83. The molecule has 1 nitrogen and oxygen atoms in total. The standard InChI is InChI=1S/C8H18FN/c1-5-7(9)8(10-4)6(2)3/h6-8,10H,5H2,1-4H3. The summed E-state index contributed by atoms with van der Waals surface area (Å²) in [5, 5.41) is 2.98. The van der Waals surface area contributed by atoms with E-state index in [1.807, 2.05) is 27.8 Å². The van der Waals surface area contributed by atoms with Crippen molar-refractivity contribution in [3.63, 3.8) is 0 Å². The predicted molar refractivity (Wildman–Crippen MR) is 42.9 cm³/mol. The molecule has 0 aromatic carbocycles. The number of alkyl halides is 1. The van der Waals surface area contributed by atoms with Gasteiger partial charge in [-0.2, -0.15) is 0 Å². The molecule has 0 radical (unpaired) electrons. The van der Waals surface area contributed by atoms with Crippen molar-refractivity contribution in [2.45, 2.75) is 39.4 Å². The first-order chi connectivity index (χ1) is 4.63. The lowest BCUT2D eigenvalue weighted by Crippen LogP contribution is -2.39. The van der Waals surface area contributed by atoms with Gasteiger partial charge in [-0.15, -0.1) is 0 Å². The quantitative estimate of drug-likeness (QED) is 0.641. The van der Waals surface area contributed by atoms with E-state index in [9.17, 15) is 4.39 Å². The molecule has 2 heteroatoms. The second kappa shape index (κ2) is 4.67. The van der Waals surface area contributed by atoms with Crippen LogP contribution in [0.3, 0.4) is 0 Å². The Morgan fingerprint density at radius 3 is 2.00 bits per heavy atom. The van der Waals surface area contributed by atoms with Crippen LogP contribution >= 0.6 is 0 Å². The molecule has 0 aromatic rings. The summed E-state index contributed by atoms with van der Waals surface area (Å²) >= 11 is 0. The zero-order valence-corrected chi connectivity index (χ0v) is 7.32. The van der Waals surface area contributed by atoms with Gasteiger partial charge in [0.15, 0.2) is 0 Å². The molecule has 1 N–H and O–H groups in total. The van der Waals surface area contributed by atoms with Crippen molar-refractivity contribution in [2.24, 2.45) is 5.92 Å². The van der Waals surface area contributed by atoms with E-state index < -0.39 is 6.17 Å². The average molecular weight is 147 g/mol. The largest absolute Gasteiger partial charge is 0.314 e. The number of halogens is 1. The molecule has 0 aliphatic heterocycles. The van der Waals surface area contributed by atoms with E-state index in [0.29, 0.717) is 12.3 Å². The minimum Gasteiger partial charge on any atom is -0.314 e. The first-order valence-corrected chi connectivity index (χ1v) is 3.94. The Hall–Kier alpha value is -0.110. The molecule has 0 bridgehead atoms. The maximum Gasteiger partial charge on any atom is 0.115 e. The van der Waals surface area contributed by atoms with Crippen LogP contribution in [-0.2, 0) is 0 Å². The van der Waals surface area contributed by atoms with Gasteiger partial charge in [-0.25, -0.2) is 4.39 Å². The number of rotatable bonds is 4. The zero-order chi connectivity index (χ0) is 8.15. The van der Waals surface area contributed by atoms with Crippen LogP contribution in [0.5, 0.6) is 0 Å². The third-order valence-corrected chi connectivity index (χ3v) is 1.83. The molecular weight excluding hydrogens is 129 g/mol. The van der Waals surface area contributed by atoms with Gasteiger partial charge in [0, 0.05) is 6.04 Å². The maximum atomic E-state index is 13.0. The second-order valence-corrected chi connectivity index (χ2v) is 2.98. The van der Waals surface area contributed by atoms with Crippen LogP contribution in [-0.4, -0.2) is 19.3 Å². The van der Waals surface area contributed by atoms with E-state index in [2.05, 4.69) is 5.32 Å². The summed E-state index contributed by atoms with van der Waals surface area (Å²) in [6.45, 7) is 5.93. The molecule has 0 spiro atoms. The Bertz CT molecular complexity index is 83.3. The fourth-order valence-electron chi connectivity index (χ4n) is 1.19. The van der Waals surface area contributed by atoms with Gasteiger partial charge >= 0.3 is 0 Å². The SMILES string of the molecule is CCC(F)C(NC)C(C)C. The molecule has 0 saturated carbocycles. The molecule has 2 atom stereocenters. The normalized spacial score (nSPS) is 17.4. The highest BCUT2D eigenvalue weighted by molar-refractivity contribution is 4.76. The van der Waals surface area contributed by atoms with E-state index in [-0.39, 0.29) is 6.04 Å². The van der Waals surface area contributed by atoms with Crippen molar-refractivity contribution >= 4 is 0 Å². The number of hydrogen-bond acceptors (Lipinski definition) is 1. The smallest absolute Gasteiger partial charge is 0.115 e. The van der Waals surface area contributed by atoms with Gasteiger partial charge < -0.3 is 5.32 Å². The molecule has 0 fully saturated rings. The molecular formula is C8H18FN. The number of nitrogens with one attached hydrogen (secondary N) is 1. The second-order valence-electron chi connectivity index (χ2n) is 2.98. The minimum absolute atomic E-state index is 0.0185. The first-order valence-electron chi connectivity index (χ1n) is 3.94. The highest BCUT2D eigenvalue weighted by atomic mass is 19.1. The van der Waals surface area contributed by atoms with Crippen molar-refractivity contribution in [3.05, 3.63) is 0 Å². The van der Waals surface area contributed by atoms with Crippen LogP contribution in [0, 0.1) is 5.92 Å². The van der Waals surface area contributed by atoms with Crippen molar-refractivity contribution in [2.75, 3.05) is 7.05 Å². The lowest BCUT2D eigenvalue weighted by molar-refractivity contribution is 0.210. The van der Waals surface area contributed by atoms with Gasteiger partial charge in [0.1, 0.15) is 6.17 Å². The molecule has 0 aliphatic carbocycles. The molecule has 0 heterocycles. The summed E-state index contributed by atoms with van der Waals surface area (Å²) < 4.78 is 13.0. The van der Waals surface area contributed by atoms with Crippen molar-refractivity contribution < 1.29 is 4.39 Å². The molecule has 0 aliphatic rings. The summed E-state index contributed by atoms with van der Waals surface area (Å²) in [7, 11) is 1.81.